The molecule has 1 rings (SSSR count). The Morgan fingerprint density at radius 1 is 1.44 bits per heavy atom. The Hall–Kier alpha value is -0.580. The van der Waals surface area contributed by atoms with Gasteiger partial charge in [0.05, 0.1) is 5.56 Å². The predicted molar refractivity (Wildman–Crippen MR) is 69.8 cm³/mol. The molecule has 16 heavy (non-hydrogen) atoms. The Morgan fingerprint density at radius 3 is 2.81 bits per heavy atom. The molecule has 0 radical (unpaired) electrons. The molecule has 5 heteroatoms. The lowest BCUT2D eigenvalue weighted by Gasteiger charge is -2.06. The van der Waals surface area contributed by atoms with Crippen LogP contribution in [0.15, 0.2) is 22.7 Å². The molecular formula is C11H14BrClN2O. The fourth-order valence-electron chi connectivity index (χ4n) is 1.24. The average Bonchev–Trinajstić information content (AvgIpc) is 2.24. The number of carbonyl (C=O) groups is 1. The summed E-state index contributed by atoms with van der Waals surface area (Å²) in [6.45, 7) is 1.30. The molecule has 1 aromatic carbocycles. The molecule has 0 saturated carbocycles. The van der Waals surface area contributed by atoms with Crippen molar-refractivity contribution in [3.8, 4) is 0 Å². The standard InChI is InChI=1S/C11H14BrClN2O/c12-10-7-8(13)3-4-9(10)11(16)15-6-2-1-5-14/h3-4,7H,1-2,5-6,14H2,(H,15,16). The highest BCUT2D eigenvalue weighted by atomic mass is 79.9. The van der Waals surface area contributed by atoms with Crippen LogP contribution in [0.3, 0.4) is 0 Å². The van der Waals surface area contributed by atoms with Gasteiger partial charge in [0, 0.05) is 16.0 Å². The third-order valence-electron chi connectivity index (χ3n) is 2.09. The fourth-order valence-corrected chi connectivity index (χ4v) is 2.10. The van der Waals surface area contributed by atoms with Crippen molar-refractivity contribution in [1.29, 1.82) is 0 Å². The number of halogens is 2. The number of hydrogen-bond donors (Lipinski definition) is 2. The van der Waals surface area contributed by atoms with Gasteiger partial charge in [0.25, 0.3) is 5.91 Å². The van der Waals surface area contributed by atoms with Gasteiger partial charge in [0.1, 0.15) is 0 Å². The van der Waals surface area contributed by atoms with Crippen LogP contribution in [0.25, 0.3) is 0 Å². The third-order valence-corrected chi connectivity index (χ3v) is 2.98. The van der Waals surface area contributed by atoms with Gasteiger partial charge in [0.15, 0.2) is 0 Å². The summed E-state index contributed by atoms with van der Waals surface area (Å²) in [6, 6.07) is 5.10. The summed E-state index contributed by atoms with van der Waals surface area (Å²) in [5.74, 6) is -0.0967. The van der Waals surface area contributed by atoms with Crippen LogP contribution in [-0.2, 0) is 0 Å². The van der Waals surface area contributed by atoms with E-state index in [0.29, 0.717) is 28.1 Å². The van der Waals surface area contributed by atoms with Crippen molar-refractivity contribution in [2.75, 3.05) is 13.1 Å². The first kappa shape index (κ1) is 13.5. The second-order valence-electron chi connectivity index (χ2n) is 3.38. The highest BCUT2D eigenvalue weighted by Gasteiger charge is 2.09. The minimum atomic E-state index is -0.0967. The van der Waals surface area contributed by atoms with Crippen molar-refractivity contribution < 1.29 is 4.79 Å². The van der Waals surface area contributed by atoms with Crippen molar-refractivity contribution in [3.05, 3.63) is 33.3 Å². The summed E-state index contributed by atoms with van der Waals surface area (Å²) >= 11 is 9.10. The second-order valence-corrected chi connectivity index (χ2v) is 4.67. The first-order valence-corrected chi connectivity index (χ1v) is 6.25. The summed E-state index contributed by atoms with van der Waals surface area (Å²) in [6.07, 6.45) is 1.81. The monoisotopic (exact) mass is 304 g/mol. The lowest BCUT2D eigenvalue weighted by Crippen LogP contribution is -2.25. The first-order valence-electron chi connectivity index (χ1n) is 5.08. The van der Waals surface area contributed by atoms with Crippen LogP contribution in [-0.4, -0.2) is 19.0 Å². The molecule has 0 aliphatic heterocycles. The molecule has 0 aliphatic rings. The first-order chi connectivity index (χ1) is 7.65. The SMILES string of the molecule is NCCCCNC(=O)c1ccc(Cl)cc1Br. The molecule has 0 bridgehead atoms. The van der Waals surface area contributed by atoms with Gasteiger partial charge >= 0.3 is 0 Å². The minimum absolute atomic E-state index is 0.0967. The number of carbonyl (C=O) groups excluding carboxylic acids is 1. The topological polar surface area (TPSA) is 55.1 Å². The molecule has 0 saturated heterocycles. The van der Waals surface area contributed by atoms with E-state index in [1.807, 2.05) is 0 Å². The number of nitrogens with one attached hydrogen (secondary N) is 1. The predicted octanol–water partition coefficient (Wildman–Crippen LogP) is 2.57. The van der Waals surface area contributed by atoms with Gasteiger partial charge in [0.2, 0.25) is 0 Å². The van der Waals surface area contributed by atoms with Crippen LogP contribution >= 0.6 is 27.5 Å². The highest BCUT2D eigenvalue weighted by molar-refractivity contribution is 9.10. The largest absolute Gasteiger partial charge is 0.352 e. The van der Waals surface area contributed by atoms with Crippen molar-refractivity contribution in [1.82, 2.24) is 5.32 Å². The molecule has 0 heterocycles. The number of benzene rings is 1. The third kappa shape index (κ3) is 4.12. The fraction of sp³-hybridized carbons (Fsp3) is 0.364. The molecule has 0 aromatic heterocycles. The van der Waals surface area contributed by atoms with Gasteiger partial charge in [-0.15, -0.1) is 0 Å². The Morgan fingerprint density at radius 2 is 2.19 bits per heavy atom. The quantitative estimate of drug-likeness (QED) is 0.822. The van der Waals surface area contributed by atoms with E-state index in [1.165, 1.54) is 0 Å². The van der Waals surface area contributed by atoms with Gasteiger partial charge in [-0.1, -0.05) is 11.6 Å². The smallest absolute Gasteiger partial charge is 0.252 e. The Bertz CT molecular complexity index is 371. The van der Waals surface area contributed by atoms with E-state index in [2.05, 4.69) is 21.2 Å². The molecule has 0 aliphatic carbocycles. The Kier molecular flexibility index (Phi) is 5.80. The summed E-state index contributed by atoms with van der Waals surface area (Å²) < 4.78 is 0.705. The molecule has 1 aromatic rings. The van der Waals surface area contributed by atoms with Crippen LogP contribution in [0.5, 0.6) is 0 Å². The average molecular weight is 306 g/mol. The van der Waals surface area contributed by atoms with Crippen molar-refractivity contribution in [3.63, 3.8) is 0 Å². The van der Waals surface area contributed by atoms with E-state index < -0.39 is 0 Å². The molecule has 0 atom stereocenters. The maximum atomic E-state index is 11.7. The van der Waals surface area contributed by atoms with Crippen LogP contribution < -0.4 is 11.1 Å². The van der Waals surface area contributed by atoms with Crippen LogP contribution in [0.1, 0.15) is 23.2 Å². The van der Waals surface area contributed by atoms with E-state index in [4.69, 9.17) is 17.3 Å². The van der Waals surface area contributed by atoms with Gasteiger partial charge in [-0.05, 0) is 53.5 Å². The summed E-state index contributed by atoms with van der Waals surface area (Å²) in [4.78, 5) is 11.7. The van der Waals surface area contributed by atoms with Gasteiger partial charge in [-0.2, -0.15) is 0 Å². The number of rotatable bonds is 5. The molecule has 0 spiro atoms. The number of amides is 1. The zero-order valence-corrected chi connectivity index (χ0v) is 11.1. The van der Waals surface area contributed by atoms with Crippen molar-refractivity contribution in [2.24, 2.45) is 5.73 Å². The maximum absolute atomic E-state index is 11.7. The normalized spacial score (nSPS) is 10.2. The summed E-state index contributed by atoms with van der Waals surface area (Å²) in [5, 5.41) is 3.43. The second kappa shape index (κ2) is 6.89. The van der Waals surface area contributed by atoms with Gasteiger partial charge in [-0.3, -0.25) is 4.79 Å². The van der Waals surface area contributed by atoms with E-state index >= 15 is 0 Å². The van der Waals surface area contributed by atoms with Crippen molar-refractivity contribution in [2.45, 2.75) is 12.8 Å². The number of unbranched alkanes of at least 4 members (excludes halogenated alkanes) is 1. The Balaban J connectivity index is 2.53. The highest BCUT2D eigenvalue weighted by Crippen LogP contribution is 2.21. The van der Waals surface area contributed by atoms with Crippen LogP contribution in [0, 0.1) is 0 Å². The summed E-state index contributed by atoms with van der Waals surface area (Å²) in [5.41, 5.74) is 5.96. The Labute approximate surface area is 108 Å². The molecule has 0 unspecified atom stereocenters. The molecule has 88 valence electrons. The molecule has 0 fully saturated rings. The van der Waals surface area contributed by atoms with E-state index in [0.717, 1.165) is 12.8 Å². The van der Waals surface area contributed by atoms with Crippen molar-refractivity contribution >= 4 is 33.4 Å². The number of nitrogens with two attached hydrogens (primary N) is 1. The maximum Gasteiger partial charge on any atom is 0.252 e. The molecule has 3 nitrogen and oxygen atoms in total. The zero-order valence-electron chi connectivity index (χ0n) is 8.80. The summed E-state index contributed by atoms with van der Waals surface area (Å²) in [7, 11) is 0. The zero-order chi connectivity index (χ0) is 12.0. The van der Waals surface area contributed by atoms with E-state index in [1.54, 1.807) is 18.2 Å². The lowest BCUT2D eigenvalue weighted by atomic mass is 10.2. The van der Waals surface area contributed by atoms with Gasteiger partial charge < -0.3 is 11.1 Å². The van der Waals surface area contributed by atoms with E-state index in [9.17, 15) is 4.79 Å². The molecular weight excluding hydrogens is 291 g/mol. The number of hydrogen-bond acceptors (Lipinski definition) is 2. The van der Waals surface area contributed by atoms with Crippen LogP contribution in [0.4, 0.5) is 0 Å². The van der Waals surface area contributed by atoms with Crippen LogP contribution in [0.2, 0.25) is 5.02 Å². The van der Waals surface area contributed by atoms with Gasteiger partial charge in [-0.25, -0.2) is 0 Å². The minimum Gasteiger partial charge on any atom is -0.352 e. The molecule has 1 amide bonds. The molecule has 3 N–H and O–H groups in total. The lowest BCUT2D eigenvalue weighted by molar-refractivity contribution is 0.0952. The van der Waals surface area contributed by atoms with E-state index in [-0.39, 0.29) is 5.91 Å².